The van der Waals surface area contributed by atoms with Crippen LogP contribution in [0.15, 0.2) is 0 Å². The molecule has 0 aliphatic heterocycles. The molecule has 8 heteroatoms. The van der Waals surface area contributed by atoms with Gasteiger partial charge in [0.25, 0.3) is 0 Å². The number of carboxylic acid groups (broad SMARTS) is 2. The third-order valence-electron chi connectivity index (χ3n) is 0.756. The van der Waals surface area contributed by atoms with E-state index in [0.717, 1.165) is 0 Å². The summed E-state index contributed by atoms with van der Waals surface area (Å²) in [6, 6.07) is 0. The fraction of sp³-hybridized carbons (Fsp3) is 0.750. The Kier molecular flexibility index (Phi) is 14.8. The fourth-order valence-corrected chi connectivity index (χ4v) is 0. The molecule has 0 aliphatic rings. The zero-order valence-electron chi connectivity index (χ0n) is 8.84. The van der Waals surface area contributed by atoms with E-state index in [9.17, 15) is 27.2 Å². The number of carbonyl (C=O) groups is 2. The minimum Gasteiger partial charge on any atom is -0.481 e. The number of rotatable bonds is 2. The van der Waals surface area contributed by atoms with Crippen molar-refractivity contribution >= 4 is 11.9 Å². The van der Waals surface area contributed by atoms with E-state index in [4.69, 9.17) is 10.2 Å². The highest BCUT2D eigenvalue weighted by molar-refractivity contribution is 5.66. The summed E-state index contributed by atoms with van der Waals surface area (Å²) in [7, 11) is 0. The summed E-state index contributed by atoms with van der Waals surface area (Å²) < 4.78 is 41.6. The smallest absolute Gasteiger partial charge is 0.416 e. The maximum absolute atomic E-state index is 10.4. The molecule has 2 N–H and O–H groups in total. The van der Waals surface area contributed by atoms with Crippen molar-refractivity contribution in [3.8, 4) is 0 Å². The van der Waals surface area contributed by atoms with E-state index in [1.54, 1.807) is 13.8 Å². The van der Waals surface area contributed by atoms with Crippen LogP contribution >= 0.6 is 0 Å². The van der Waals surface area contributed by atoms with E-state index in [2.05, 4.69) is 0 Å². The van der Waals surface area contributed by atoms with Crippen molar-refractivity contribution in [1.82, 2.24) is 0 Å². The van der Waals surface area contributed by atoms with Crippen molar-refractivity contribution in [2.24, 2.45) is 0 Å². The second kappa shape index (κ2) is 11.7. The highest BCUT2D eigenvalue weighted by Gasteiger charge is 2.26. The van der Waals surface area contributed by atoms with Gasteiger partial charge in [-0.25, -0.2) is 4.39 Å². The molecule has 4 nitrogen and oxygen atoms in total. The zero-order valence-corrected chi connectivity index (χ0v) is 8.84. The van der Waals surface area contributed by atoms with Crippen LogP contribution in [-0.2, 0) is 9.59 Å². The maximum Gasteiger partial charge on any atom is 0.416 e. The van der Waals surface area contributed by atoms with Crippen LogP contribution in [0.2, 0.25) is 0 Å². The lowest BCUT2D eigenvalue weighted by atomic mass is 10.5. The van der Waals surface area contributed by atoms with Crippen LogP contribution in [0.25, 0.3) is 0 Å². The van der Waals surface area contributed by atoms with E-state index in [0.29, 0.717) is 0 Å². The first-order valence-corrected chi connectivity index (χ1v) is 4.16. The molecule has 0 aliphatic carbocycles. The van der Waals surface area contributed by atoms with Crippen LogP contribution in [0.1, 0.15) is 26.7 Å². The van der Waals surface area contributed by atoms with Crippen molar-refractivity contribution < 1.29 is 37.4 Å². The van der Waals surface area contributed by atoms with Gasteiger partial charge < -0.3 is 10.2 Å². The Hall–Kier alpha value is -1.34. The van der Waals surface area contributed by atoms with Gasteiger partial charge in [0, 0.05) is 12.8 Å². The van der Waals surface area contributed by atoms with Crippen molar-refractivity contribution in [3.63, 3.8) is 0 Å². The van der Waals surface area contributed by atoms with Gasteiger partial charge >= 0.3 is 18.1 Å². The Morgan fingerprint density at radius 3 is 1.12 bits per heavy atom. The third kappa shape index (κ3) is 53.7. The van der Waals surface area contributed by atoms with Gasteiger partial charge in [-0.1, -0.05) is 13.8 Å². The predicted octanol–water partition coefficient (Wildman–Crippen LogP) is 2.48. The van der Waals surface area contributed by atoms with E-state index < -0.39 is 24.8 Å². The minimum absolute atomic E-state index is 0.222. The lowest BCUT2D eigenvalue weighted by Gasteiger charge is -1.93. The molecule has 0 spiro atoms. The molecule has 0 aromatic rings. The first-order chi connectivity index (χ1) is 7.10. The quantitative estimate of drug-likeness (QED) is 0.738. The van der Waals surface area contributed by atoms with E-state index in [-0.39, 0.29) is 12.8 Å². The number of hydrogen-bond donors (Lipinski definition) is 2. The molecule has 0 fully saturated rings. The maximum atomic E-state index is 10.4. The molecule has 0 saturated carbocycles. The van der Waals surface area contributed by atoms with Gasteiger partial charge in [0.2, 0.25) is 0 Å². The normalized spacial score (nSPS) is 9.12. The van der Waals surface area contributed by atoms with Crippen LogP contribution in [0.4, 0.5) is 17.6 Å². The van der Waals surface area contributed by atoms with Crippen LogP contribution in [-0.4, -0.2) is 35.0 Å². The van der Waals surface area contributed by atoms with Crippen LogP contribution in [0.5, 0.6) is 0 Å². The van der Waals surface area contributed by atoms with Crippen molar-refractivity contribution in [3.05, 3.63) is 0 Å². The second-order valence-corrected chi connectivity index (χ2v) is 2.24. The van der Waals surface area contributed by atoms with Crippen LogP contribution in [0, 0.1) is 0 Å². The minimum atomic E-state index is -4.62. The first-order valence-electron chi connectivity index (χ1n) is 4.16. The van der Waals surface area contributed by atoms with Crippen LogP contribution < -0.4 is 0 Å². The topological polar surface area (TPSA) is 74.6 Å². The number of halogens is 4. The molecular weight excluding hydrogens is 236 g/mol. The Labute approximate surface area is 89.9 Å². The van der Waals surface area contributed by atoms with Gasteiger partial charge in [-0.05, 0) is 0 Å². The SMILES string of the molecule is CCC(=O)O.CCC(=O)O.FCC(F)(F)F. The molecule has 0 heterocycles. The average molecular weight is 250 g/mol. The van der Waals surface area contributed by atoms with Crippen molar-refractivity contribution in [2.45, 2.75) is 32.9 Å². The highest BCUT2D eigenvalue weighted by atomic mass is 19.4. The summed E-state index contributed by atoms with van der Waals surface area (Å²) in [5.74, 6) is -1.49. The average Bonchev–Trinajstić information content (AvgIpc) is 2.18. The molecule has 0 aromatic carbocycles. The number of alkyl halides is 4. The Bertz CT molecular complexity index is 177. The standard InChI is InChI=1S/2C3H6O2.C2H2F4/c2*1-2-3(4)5;3-1-2(4,5)6/h2*2H2,1H3,(H,4,5);1H2. The Morgan fingerprint density at radius 2 is 1.12 bits per heavy atom. The summed E-state index contributed by atoms with van der Waals surface area (Å²) >= 11 is 0. The molecule has 0 amide bonds. The van der Waals surface area contributed by atoms with E-state index >= 15 is 0 Å². The van der Waals surface area contributed by atoms with E-state index in [1.807, 2.05) is 0 Å². The second-order valence-electron chi connectivity index (χ2n) is 2.24. The van der Waals surface area contributed by atoms with Gasteiger partial charge in [0.1, 0.15) is 0 Å². The Balaban J connectivity index is -0.000000160. The lowest BCUT2D eigenvalue weighted by molar-refractivity contribution is -0.142. The number of hydrogen-bond acceptors (Lipinski definition) is 2. The molecule has 16 heavy (non-hydrogen) atoms. The molecule has 0 saturated heterocycles. The number of carboxylic acids is 2. The zero-order chi connectivity index (χ0) is 13.8. The summed E-state index contributed by atoms with van der Waals surface area (Å²) in [4.78, 5) is 18.7. The van der Waals surface area contributed by atoms with Gasteiger partial charge in [-0.2, -0.15) is 13.2 Å². The molecule has 0 aromatic heterocycles. The molecule has 98 valence electrons. The number of aliphatic carboxylic acids is 2. The molecular formula is C8H14F4O4. The fourth-order valence-electron chi connectivity index (χ4n) is 0. The largest absolute Gasteiger partial charge is 0.481 e. The predicted molar refractivity (Wildman–Crippen MR) is 47.9 cm³/mol. The van der Waals surface area contributed by atoms with Gasteiger partial charge in [0.15, 0.2) is 6.67 Å². The van der Waals surface area contributed by atoms with Crippen LogP contribution in [0.3, 0.4) is 0 Å². The summed E-state index contributed by atoms with van der Waals surface area (Å²) in [6.07, 6.45) is -4.18. The highest BCUT2D eigenvalue weighted by Crippen LogP contribution is 2.13. The summed E-state index contributed by atoms with van der Waals surface area (Å²) in [5, 5.41) is 15.4. The molecule has 0 atom stereocenters. The first kappa shape index (κ1) is 20.1. The van der Waals surface area contributed by atoms with E-state index in [1.165, 1.54) is 0 Å². The van der Waals surface area contributed by atoms with Crippen molar-refractivity contribution in [2.75, 3.05) is 6.67 Å². The molecule has 0 radical (unpaired) electrons. The lowest BCUT2D eigenvalue weighted by Crippen LogP contribution is -2.08. The Morgan fingerprint density at radius 1 is 1.00 bits per heavy atom. The molecule has 0 rings (SSSR count). The molecule has 0 bridgehead atoms. The van der Waals surface area contributed by atoms with Gasteiger partial charge in [0.05, 0.1) is 0 Å². The molecule has 0 unspecified atom stereocenters. The summed E-state index contributed by atoms with van der Waals surface area (Å²) in [6.45, 7) is 0.970. The van der Waals surface area contributed by atoms with Gasteiger partial charge in [-0.15, -0.1) is 0 Å². The monoisotopic (exact) mass is 250 g/mol. The van der Waals surface area contributed by atoms with Gasteiger partial charge in [-0.3, -0.25) is 9.59 Å². The van der Waals surface area contributed by atoms with Crippen molar-refractivity contribution in [1.29, 1.82) is 0 Å². The summed E-state index contributed by atoms with van der Waals surface area (Å²) in [5.41, 5.74) is 0. The third-order valence-corrected chi connectivity index (χ3v) is 0.756.